The van der Waals surface area contributed by atoms with Crippen molar-refractivity contribution < 1.29 is 8.42 Å². The van der Waals surface area contributed by atoms with Crippen molar-refractivity contribution in [1.82, 2.24) is 4.72 Å². The third-order valence-electron chi connectivity index (χ3n) is 0.502. The maximum Gasteiger partial charge on any atom is 0.209 e. The Kier molecular flexibility index (Phi) is 3.01. The van der Waals surface area contributed by atoms with Gasteiger partial charge in [0, 0.05) is 6.54 Å². The van der Waals surface area contributed by atoms with Gasteiger partial charge in [-0.25, -0.2) is 13.1 Å². The summed E-state index contributed by atoms with van der Waals surface area (Å²) in [4.78, 5) is 0. The van der Waals surface area contributed by atoms with Crippen LogP contribution in [0, 0.1) is 6.54 Å². The maximum absolute atomic E-state index is 10.2. The Morgan fingerprint density at radius 1 is 1.62 bits per heavy atom. The first-order chi connectivity index (χ1) is 3.56. The zero-order valence-corrected chi connectivity index (χ0v) is 5.83. The second kappa shape index (κ2) is 3.04. The van der Waals surface area contributed by atoms with Crippen molar-refractivity contribution in [1.29, 1.82) is 0 Å². The van der Waals surface area contributed by atoms with Crippen molar-refractivity contribution in [3.05, 3.63) is 6.54 Å². The predicted octanol–water partition coefficient (Wildman–Crippen LogP) is 0.107. The lowest BCUT2D eigenvalue weighted by molar-refractivity contribution is 0.593. The molecule has 0 fully saturated rings. The molecule has 0 aliphatic heterocycles. The number of rotatable bonds is 3. The largest absolute Gasteiger partial charge is 0.213 e. The van der Waals surface area contributed by atoms with Crippen LogP contribution in [0.2, 0.25) is 0 Å². The van der Waals surface area contributed by atoms with Gasteiger partial charge in [0.25, 0.3) is 0 Å². The molecule has 49 valence electrons. The minimum atomic E-state index is -2.99. The Morgan fingerprint density at radius 3 is 2.25 bits per heavy atom. The van der Waals surface area contributed by atoms with E-state index in [1.54, 1.807) is 0 Å². The Hall–Kier alpha value is -0.0900. The van der Waals surface area contributed by atoms with Crippen LogP contribution in [0.5, 0.6) is 0 Å². The van der Waals surface area contributed by atoms with Crippen LogP contribution in [-0.2, 0) is 10.0 Å². The number of sulfonamides is 1. The van der Waals surface area contributed by atoms with Crippen LogP contribution in [0.4, 0.5) is 0 Å². The molecule has 0 aliphatic rings. The highest BCUT2D eigenvalue weighted by molar-refractivity contribution is 7.88. The first-order valence-corrected chi connectivity index (χ1v) is 4.24. The Balaban J connectivity index is 3.42. The zero-order valence-electron chi connectivity index (χ0n) is 5.01. The second-order valence-corrected chi connectivity index (χ2v) is 3.28. The molecular weight excluding hydrogens is 126 g/mol. The summed E-state index contributed by atoms with van der Waals surface area (Å²) in [6.07, 6.45) is 1.84. The SMILES string of the molecule is CC[CH]NS(C)(=O)=O. The van der Waals surface area contributed by atoms with Gasteiger partial charge in [0.2, 0.25) is 10.0 Å². The van der Waals surface area contributed by atoms with Gasteiger partial charge in [-0.2, -0.15) is 0 Å². The van der Waals surface area contributed by atoms with Gasteiger partial charge in [0.15, 0.2) is 0 Å². The molecule has 1 radical (unpaired) electrons. The molecule has 0 spiro atoms. The van der Waals surface area contributed by atoms with Crippen LogP contribution in [0.1, 0.15) is 13.3 Å². The average molecular weight is 136 g/mol. The molecule has 0 bridgehead atoms. The summed E-state index contributed by atoms with van der Waals surface area (Å²) < 4.78 is 22.7. The monoisotopic (exact) mass is 136 g/mol. The summed E-state index contributed by atoms with van der Waals surface area (Å²) >= 11 is 0. The topological polar surface area (TPSA) is 46.2 Å². The molecule has 0 amide bonds. The van der Waals surface area contributed by atoms with Gasteiger partial charge in [0.05, 0.1) is 6.26 Å². The number of hydrogen-bond acceptors (Lipinski definition) is 2. The fourth-order valence-electron chi connectivity index (χ4n) is 0.235. The van der Waals surface area contributed by atoms with E-state index in [0.717, 1.165) is 6.26 Å². The molecule has 0 heterocycles. The molecule has 3 nitrogen and oxygen atoms in total. The van der Waals surface area contributed by atoms with Crippen LogP contribution in [0.3, 0.4) is 0 Å². The standard InChI is InChI=1S/C4H10NO2S/c1-3-4-5-8(2,6)7/h4-5H,3H2,1-2H3. The summed E-state index contributed by atoms with van der Waals surface area (Å²) in [5, 5.41) is 0. The van der Waals surface area contributed by atoms with Gasteiger partial charge in [-0.15, -0.1) is 0 Å². The van der Waals surface area contributed by atoms with Gasteiger partial charge >= 0.3 is 0 Å². The number of nitrogens with one attached hydrogen (secondary N) is 1. The minimum absolute atomic E-state index is 0.715. The third kappa shape index (κ3) is 5.91. The lowest BCUT2D eigenvalue weighted by Gasteiger charge is -1.94. The highest BCUT2D eigenvalue weighted by atomic mass is 32.2. The van der Waals surface area contributed by atoms with Crippen molar-refractivity contribution in [2.45, 2.75) is 13.3 Å². The van der Waals surface area contributed by atoms with E-state index in [-0.39, 0.29) is 0 Å². The fraction of sp³-hybridized carbons (Fsp3) is 0.750. The molecule has 0 aromatic heterocycles. The highest BCUT2D eigenvalue weighted by Crippen LogP contribution is 1.80. The van der Waals surface area contributed by atoms with Crippen LogP contribution in [0.25, 0.3) is 0 Å². The fourth-order valence-corrected chi connectivity index (χ4v) is 0.704. The van der Waals surface area contributed by atoms with Crippen molar-refractivity contribution in [2.24, 2.45) is 0 Å². The average Bonchev–Trinajstić information content (AvgIpc) is 1.59. The third-order valence-corrected chi connectivity index (χ3v) is 1.10. The molecule has 0 saturated carbocycles. The van der Waals surface area contributed by atoms with E-state index in [9.17, 15) is 8.42 Å². The van der Waals surface area contributed by atoms with Gasteiger partial charge < -0.3 is 0 Å². The molecule has 1 N–H and O–H groups in total. The Morgan fingerprint density at radius 2 is 2.12 bits per heavy atom. The predicted molar refractivity (Wildman–Crippen MR) is 32.6 cm³/mol. The first kappa shape index (κ1) is 7.91. The summed E-state index contributed by atoms with van der Waals surface area (Å²) in [7, 11) is -2.99. The van der Waals surface area contributed by atoms with Crippen LogP contribution in [0.15, 0.2) is 0 Å². The quantitative estimate of drug-likeness (QED) is 0.598. The molecular formula is C4H10NO2S. The lowest BCUT2D eigenvalue weighted by atomic mass is 10.5. The van der Waals surface area contributed by atoms with Crippen molar-refractivity contribution in [3.8, 4) is 0 Å². The van der Waals surface area contributed by atoms with Gasteiger partial charge in [0.1, 0.15) is 0 Å². The molecule has 0 saturated heterocycles. The van der Waals surface area contributed by atoms with Crippen molar-refractivity contribution >= 4 is 10.0 Å². The first-order valence-electron chi connectivity index (χ1n) is 2.35. The second-order valence-electron chi connectivity index (χ2n) is 1.50. The number of hydrogen-bond donors (Lipinski definition) is 1. The molecule has 8 heavy (non-hydrogen) atoms. The lowest BCUT2D eigenvalue weighted by Crippen LogP contribution is -2.18. The normalized spacial score (nSPS) is 11.8. The smallest absolute Gasteiger partial charge is 0.209 e. The van der Waals surface area contributed by atoms with E-state index in [1.807, 2.05) is 6.92 Å². The maximum atomic E-state index is 10.2. The van der Waals surface area contributed by atoms with Crippen LogP contribution >= 0.6 is 0 Å². The zero-order chi connectivity index (χ0) is 6.62. The van der Waals surface area contributed by atoms with E-state index >= 15 is 0 Å². The van der Waals surface area contributed by atoms with Crippen LogP contribution < -0.4 is 4.72 Å². The molecule has 0 aliphatic carbocycles. The Bertz CT molecular complexity index is 138. The Labute approximate surface area is 50.1 Å². The summed E-state index contributed by atoms with van der Waals surface area (Å²) in [5.41, 5.74) is 0. The van der Waals surface area contributed by atoms with Gasteiger partial charge in [-0.1, -0.05) is 6.92 Å². The highest BCUT2D eigenvalue weighted by Gasteiger charge is 1.95. The minimum Gasteiger partial charge on any atom is -0.213 e. The molecule has 0 rings (SSSR count). The molecule has 4 heteroatoms. The van der Waals surface area contributed by atoms with Gasteiger partial charge in [-0.3, -0.25) is 0 Å². The van der Waals surface area contributed by atoms with E-state index in [2.05, 4.69) is 4.72 Å². The van der Waals surface area contributed by atoms with Crippen molar-refractivity contribution in [3.63, 3.8) is 0 Å². The molecule has 0 aromatic carbocycles. The van der Waals surface area contributed by atoms with Crippen LogP contribution in [-0.4, -0.2) is 14.7 Å². The van der Waals surface area contributed by atoms with Crippen molar-refractivity contribution in [2.75, 3.05) is 6.26 Å². The van der Waals surface area contributed by atoms with E-state index in [4.69, 9.17) is 0 Å². The molecule has 0 atom stereocenters. The summed E-state index contributed by atoms with van der Waals surface area (Å²) in [5.74, 6) is 0. The van der Waals surface area contributed by atoms with E-state index < -0.39 is 10.0 Å². The molecule has 0 aromatic rings. The summed E-state index contributed by atoms with van der Waals surface area (Å²) in [6.45, 7) is 3.35. The summed E-state index contributed by atoms with van der Waals surface area (Å²) in [6, 6.07) is 0. The van der Waals surface area contributed by atoms with E-state index in [1.165, 1.54) is 6.54 Å². The van der Waals surface area contributed by atoms with E-state index in [0.29, 0.717) is 6.42 Å². The van der Waals surface area contributed by atoms with Gasteiger partial charge in [-0.05, 0) is 6.42 Å². The molecule has 0 unspecified atom stereocenters.